The Labute approximate surface area is 120 Å². The maximum atomic E-state index is 14.1. The highest BCUT2D eigenvalue weighted by atomic mass is 19.1. The monoisotopic (exact) mass is 288 g/mol. The Kier molecular flexibility index (Phi) is 3.33. The van der Waals surface area contributed by atoms with Crippen LogP contribution < -0.4 is 0 Å². The van der Waals surface area contributed by atoms with Crippen LogP contribution >= 0.6 is 0 Å². The van der Waals surface area contributed by atoms with Gasteiger partial charge in [0.15, 0.2) is 0 Å². The number of hydrogen-bond acceptors (Lipinski definition) is 2. The number of rotatable bonds is 3. The van der Waals surface area contributed by atoms with Crippen LogP contribution in [0.5, 0.6) is 5.75 Å². The molecule has 2 aromatic carbocycles. The fourth-order valence-corrected chi connectivity index (χ4v) is 2.44. The van der Waals surface area contributed by atoms with E-state index in [1.54, 1.807) is 6.07 Å². The van der Waals surface area contributed by atoms with Gasteiger partial charge in [0.2, 0.25) is 0 Å². The molecule has 0 radical (unpaired) electrons. The van der Waals surface area contributed by atoms with E-state index in [1.807, 2.05) is 11.5 Å². The molecule has 0 saturated heterocycles. The minimum atomic E-state index is -0.553. The molecule has 0 saturated carbocycles. The molecule has 3 rings (SSSR count). The minimum absolute atomic E-state index is 0.138. The topological polar surface area (TPSA) is 38.0 Å². The molecule has 0 spiro atoms. The number of aryl methyl sites for hydroxylation is 1. The Morgan fingerprint density at radius 2 is 1.95 bits per heavy atom. The molecule has 0 aliphatic carbocycles. The van der Waals surface area contributed by atoms with Crippen LogP contribution in [0, 0.1) is 11.6 Å². The average molecular weight is 288 g/mol. The van der Waals surface area contributed by atoms with Crippen molar-refractivity contribution in [2.75, 3.05) is 0 Å². The normalized spacial score (nSPS) is 11.2. The van der Waals surface area contributed by atoms with E-state index in [1.165, 1.54) is 24.3 Å². The number of halogens is 2. The molecular formula is C16H14F2N2O. The summed E-state index contributed by atoms with van der Waals surface area (Å²) < 4.78 is 29.3. The molecule has 0 unspecified atom stereocenters. The van der Waals surface area contributed by atoms with Crippen LogP contribution in [0.1, 0.15) is 13.3 Å². The van der Waals surface area contributed by atoms with E-state index in [4.69, 9.17) is 0 Å². The fourth-order valence-electron chi connectivity index (χ4n) is 2.44. The van der Waals surface area contributed by atoms with Crippen molar-refractivity contribution < 1.29 is 13.9 Å². The molecule has 0 amide bonds. The van der Waals surface area contributed by atoms with Gasteiger partial charge in [0.05, 0.1) is 16.6 Å². The largest absolute Gasteiger partial charge is 0.508 e. The first-order chi connectivity index (χ1) is 10.1. The zero-order valence-corrected chi connectivity index (χ0v) is 11.5. The van der Waals surface area contributed by atoms with Gasteiger partial charge in [0.25, 0.3) is 0 Å². The first kappa shape index (κ1) is 13.5. The summed E-state index contributed by atoms with van der Waals surface area (Å²) in [4.78, 5) is 4.35. The number of fused-ring (bicyclic) bond motifs is 1. The van der Waals surface area contributed by atoms with Crippen molar-refractivity contribution in [3.8, 4) is 17.1 Å². The molecule has 3 aromatic rings. The number of aromatic hydroxyl groups is 1. The quantitative estimate of drug-likeness (QED) is 0.788. The summed E-state index contributed by atoms with van der Waals surface area (Å²) in [5.74, 6) is -0.625. The third-order valence-electron chi connectivity index (χ3n) is 3.35. The van der Waals surface area contributed by atoms with Crippen LogP contribution in [-0.4, -0.2) is 14.7 Å². The lowest BCUT2D eigenvalue weighted by atomic mass is 10.2. The number of phenolic OH excluding ortho intramolecular Hbond substituents is 1. The number of hydrogen-bond donors (Lipinski definition) is 1. The molecule has 5 heteroatoms. The molecular weight excluding hydrogens is 274 g/mol. The van der Waals surface area contributed by atoms with Gasteiger partial charge in [-0.2, -0.15) is 0 Å². The third kappa shape index (κ3) is 2.35. The Hall–Kier alpha value is -2.43. The fraction of sp³-hybridized carbons (Fsp3) is 0.188. The standard InChI is InChI=1S/C16H14F2N2O/c1-2-7-20-15-6-3-10(17)8-14(15)19-16(20)12-5-4-11(21)9-13(12)18/h3-6,8-9,21H,2,7H2,1H3. The summed E-state index contributed by atoms with van der Waals surface area (Å²) in [6, 6.07) is 8.29. The van der Waals surface area contributed by atoms with Crippen molar-refractivity contribution in [3.63, 3.8) is 0 Å². The highest BCUT2D eigenvalue weighted by Gasteiger charge is 2.16. The summed E-state index contributed by atoms with van der Waals surface area (Å²) in [7, 11) is 0. The molecule has 21 heavy (non-hydrogen) atoms. The van der Waals surface area contributed by atoms with Gasteiger partial charge in [0.1, 0.15) is 23.2 Å². The van der Waals surface area contributed by atoms with Crippen LogP contribution in [0.4, 0.5) is 8.78 Å². The summed E-state index contributed by atoms with van der Waals surface area (Å²) in [5.41, 5.74) is 1.55. The second-order valence-corrected chi connectivity index (χ2v) is 4.88. The highest BCUT2D eigenvalue weighted by molar-refractivity contribution is 5.81. The van der Waals surface area contributed by atoms with E-state index in [0.717, 1.165) is 18.0 Å². The second kappa shape index (κ2) is 5.16. The lowest BCUT2D eigenvalue weighted by Gasteiger charge is -2.08. The average Bonchev–Trinajstić information content (AvgIpc) is 2.77. The Morgan fingerprint density at radius 1 is 1.14 bits per heavy atom. The number of phenols is 1. The zero-order valence-electron chi connectivity index (χ0n) is 11.5. The number of benzene rings is 2. The van der Waals surface area contributed by atoms with E-state index in [9.17, 15) is 13.9 Å². The third-order valence-corrected chi connectivity index (χ3v) is 3.35. The Bertz CT molecular complexity index is 811. The predicted molar refractivity (Wildman–Crippen MR) is 77.0 cm³/mol. The van der Waals surface area contributed by atoms with Gasteiger partial charge in [0, 0.05) is 18.7 Å². The van der Waals surface area contributed by atoms with Crippen molar-refractivity contribution in [3.05, 3.63) is 48.0 Å². The van der Waals surface area contributed by atoms with Gasteiger partial charge in [-0.25, -0.2) is 13.8 Å². The molecule has 1 aromatic heterocycles. The van der Waals surface area contributed by atoms with Gasteiger partial charge in [-0.1, -0.05) is 6.92 Å². The molecule has 0 aliphatic rings. The first-order valence-electron chi connectivity index (χ1n) is 6.75. The van der Waals surface area contributed by atoms with E-state index in [2.05, 4.69) is 4.98 Å². The first-order valence-corrected chi connectivity index (χ1v) is 6.75. The molecule has 3 nitrogen and oxygen atoms in total. The van der Waals surface area contributed by atoms with E-state index < -0.39 is 5.82 Å². The number of imidazole rings is 1. The smallest absolute Gasteiger partial charge is 0.144 e. The van der Waals surface area contributed by atoms with Crippen molar-refractivity contribution in [2.24, 2.45) is 0 Å². The molecule has 108 valence electrons. The van der Waals surface area contributed by atoms with Gasteiger partial charge < -0.3 is 9.67 Å². The van der Waals surface area contributed by atoms with Crippen LogP contribution in [0.2, 0.25) is 0 Å². The minimum Gasteiger partial charge on any atom is -0.508 e. The molecule has 1 heterocycles. The lowest BCUT2D eigenvalue weighted by Crippen LogP contribution is -2.01. The number of nitrogens with zero attached hydrogens (tertiary/aromatic N) is 2. The van der Waals surface area contributed by atoms with Crippen LogP contribution in [0.3, 0.4) is 0 Å². The zero-order chi connectivity index (χ0) is 15.0. The van der Waals surface area contributed by atoms with E-state index >= 15 is 0 Å². The van der Waals surface area contributed by atoms with Crippen molar-refractivity contribution in [1.82, 2.24) is 9.55 Å². The highest BCUT2D eigenvalue weighted by Crippen LogP contribution is 2.29. The molecule has 1 N–H and O–H groups in total. The maximum absolute atomic E-state index is 14.1. The van der Waals surface area contributed by atoms with Gasteiger partial charge >= 0.3 is 0 Å². The molecule has 0 bridgehead atoms. The molecule has 0 atom stereocenters. The second-order valence-electron chi connectivity index (χ2n) is 4.88. The van der Waals surface area contributed by atoms with Crippen molar-refractivity contribution in [1.29, 1.82) is 0 Å². The van der Waals surface area contributed by atoms with Gasteiger partial charge in [-0.3, -0.25) is 0 Å². The Balaban J connectivity index is 2.27. The summed E-state index contributed by atoms with van der Waals surface area (Å²) in [6.45, 7) is 2.66. The van der Waals surface area contributed by atoms with E-state index in [0.29, 0.717) is 17.9 Å². The van der Waals surface area contributed by atoms with Crippen molar-refractivity contribution >= 4 is 11.0 Å². The Morgan fingerprint density at radius 3 is 2.67 bits per heavy atom. The van der Waals surface area contributed by atoms with Gasteiger partial charge in [-0.15, -0.1) is 0 Å². The molecule has 0 aliphatic heterocycles. The van der Waals surface area contributed by atoms with Crippen LogP contribution in [0.15, 0.2) is 36.4 Å². The maximum Gasteiger partial charge on any atom is 0.144 e. The number of aromatic nitrogens is 2. The van der Waals surface area contributed by atoms with Gasteiger partial charge in [-0.05, 0) is 30.7 Å². The summed E-state index contributed by atoms with van der Waals surface area (Å²) >= 11 is 0. The van der Waals surface area contributed by atoms with Crippen LogP contribution in [-0.2, 0) is 6.54 Å². The van der Waals surface area contributed by atoms with E-state index in [-0.39, 0.29) is 17.1 Å². The lowest BCUT2D eigenvalue weighted by molar-refractivity contribution is 0.469. The SMILES string of the molecule is CCCn1c(-c2ccc(O)cc2F)nc2cc(F)ccc21. The molecule has 0 fully saturated rings. The predicted octanol–water partition coefficient (Wildman–Crippen LogP) is 4.10. The summed E-state index contributed by atoms with van der Waals surface area (Å²) in [5, 5.41) is 9.32. The van der Waals surface area contributed by atoms with Crippen molar-refractivity contribution in [2.45, 2.75) is 19.9 Å². The van der Waals surface area contributed by atoms with Crippen LogP contribution in [0.25, 0.3) is 22.4 Å². The summed E-state index contributed by atoms with van der Waals surface area (Å²) in [6.07, 6.45) is 0.843.